The molecule has 1 amide bonds. The van der Waals surface area contributed by atoms with E-state index in [4.69, 9.17) is 4.74 Å². The molecule has 23 heavy (non-hydrogen) atoms. The number of hydrogen-bond acceptors (Lipinski definition) is 2. The molecule has 1 N–H and O–H groups in total. The van der Waals surface area contributed by atoms with Gasteiger partial charge in [-0.15, -0.1) is 0 Å². The van der Waals surface area contributed by atoms with Crippen LogP contribution in [-0.2, 0) is 4.74 Å². The van der Waals surface area contributed by atoms with Crippen LogP contribution in [0.2, 0.25) is 0 Å². The zero-order chi connectivity index (χ0) is 17.8. The maximum Gasteiger partial charge on any atom is 0.411 e. The summed E-state index contributed by atoms with van der Waals surface area (Å²) in [5, 5.41) is 2.30. The van der Waals surface area contributed by atoms with Crippen LogP contribution in [0.5, 0.6) is 0 Å². The van der Waals surface area contributed by atoms with E-state index < -0.39 is 29.9 Å². The Kier molecular flexibility index (Phi) is 6.68. The van der Waals surface area contributed by atoms with Crippen molar-refractivity contribution in [3.05, 3.63) is 46.3 Å². The van der Waals surface area contributed by atoms with E-state index in [1.165, 1.54) is 12.1 Å². The van der Waals surface area contributed by atoms with Crippen LogP contribution in [0.1, 0.15) is 38.7 Å². The highest BCUT2D eigenvalue weighted by atomic mass is 79.9. The Morgan fingerprint density at radius 3 is 2.52 bits per heavy atom. The third-order valence-corrected chi connectivity index (χ3v) is 3.30. The monoisotopic (exact) mass is 393 g/mol. The molecule has 0 heterocycles. The van der Waals surface area contributed by atoms with Crippen LogP contribution >= 0.6 is 15.9 Å². The molecule has 0 aromatic heterocycles. The molecule has 3 nitrogen and oxygen atoms in total. The molecule has 0 spiro atoms. The molecule has 1 unspecified atom stereocenters. The van der Waals surface area contributed by atoms with Gasteiger partial charge in [-0.3, -0.25) is 5.32 Å². The van der Waals surface area contributed by atoms with Gasteiger partial charge in [0.15, 0.2) is 0 Å². The molecule has 0 aliphatic carbocycles. The van der Waals surface area contributed by atoms with Crippen molar-refractivity contribution in [2.45, 2.75) is 45.1 Å². The average Bonchev–Trinajstić information content (AvgIpc) is 2.36. The molecule has 0 fully saturated rings. The molecule has 0 aliphatic heterocycles. The highest BCUT2D eigenvalue weighted by Gasteiger charge is 2.27. The second kappa shape index (κ2) is 7.86. The zero-order valence-electron chi connectivity index (χ0n) is 13.1. The van der Waals surface area contributed by atoms with Gasteiger partial charge in [0.2, 0.25) is 6.43 Å². The molecular weight excluding hydrogens is 375 g/mol. The number of benzene rings is 1. The first kappa shape index (κ1) is 19.5. The highest BCUT2D eigenvalue weighted by molar-refractivity contribution is 9.10. The topological polar surface area (TPSA) is 38.3 Å². The molecule has 0 saturated carbocycles. The van der Waals surface area contributed by atoms with Crippen molar-refractivity contribution in [1.29, 1.82) is 0 Å². The minimum absolute atomic E-state index is 0.0314. The Morgan fingerprint density at radius 2 is 2.00 bits per heavy atom. The zero-order valence-corrected chi connectivity index (χ0v) is 14.7. The maximum atomic E-state index is 13.8. The van der Waals surface area contributed by atoms with Crippen molar-refractivity contribution in [3.8, 4) is 0 Å². The van der Waals surface area contributed by atoms with E-state index in [0.717, 1.165) is 6.07 Å². The summed E-state index contributed by atoms with van der Waals surface area (Å²) in [6, 6.07) is 3.83. The Bertz CT molecular complexity index is 585. The van der Waals surface area contributed by atoms with Gasteiger partial charge in [-0.1, -0.05) is 22.5 Å². The maximum absolute atomic E-state index is 13.8. The lowest BCUT2D eigenvalue weighted by molar-refractivity contribution is 0.0538. The van der Waals surface area contributed by atoms with Crippen LogP contribution in [0.3, 0.4) is 0 Å². The number of rotatable bonds is 5. The largest absolute Gasteiger partial charge is 0.444 e. The predicted octanol–water partition coefficient (Wildman–Crippen LogP) is 5.37. The smallest absolute Gasteiger partial charge is 0.411 e. The molecule has 1 rings (SSSR count). The number of allylic oxidation sites excluding steroid dienone is 1. The van der Waals surface area contributed by atoms with E-state index in [-0.39, 0.29) is 17.7 Å². The third kappa shape index (κ3) is 6.64. The molecule has 0 aliphatic rings. The van der Waals surface area contributed by atoms with Crippen LogP contribution < -0.4 is 5.32 Å². The summed E-state index contributed by atoms with van der Waals surface area (Å²) in [6.07, 6.45) is -3.90. The minimum atomic E-state index is -2.81. The van der Waals surface area contributed by atoms with Gasteiger partial charge < -0.3 is 4.74 Å². The first-order valence-corrected chi connectivity index (χ1v) is 7.70. The molecule has 0 saturated heterocycles. The average molecular weight is 394 g/mol. The number of alkyl halides is 2. The summed E-state index contributed by atoms with van der Waals surface area (Å²) < 4.78 is 45.9. The normalized spacial score (nSPS) is 12.9. The second-order valence-electron chi connectivity index (χ2n) is 6.04. The fraction of sp³-hybridized carbons (Fsp3) is 0.438. The Hall–Kier alpha value is -1.50. The van der Waals surface area contributed by atoms with Gasteiger partial charge in [-0.05, 0) is 51.0 Å². The molecule has 0 bridgehead atoms. The van der Waals surface area contributed by atoms with Crippen LogP contribution in [0.25, 0.3) is 0 Å². The molecule has 1 aromatic rings. The van der Waals surface area contributed by atoms with Crippen molar-refractivity contribution in [2.75, 3.05) is 0 Å². The first-order chi connectivity index (χ1) is 10.5. The quantitative estimate of drug-likeness (QED) is 0.730. The van der Waals surface area contributed by atoms with Crippen LogP contribution in [0, 0.1) is 5.82 Å². The molecule has 1 atom stereocenters. The Labute approximate surface area is 142 Å². The van der Waals surface area contributed by atoms with Crippen molar-refractivity contribution < 1.29 is 22.7 Å². The highest BCUT2D eigenvalue weighted by Crippen LogP contribution is 2.32. The van der Waals surface area contributed by atoms with Gasteiger partial charge in [0, 0.05) is 10.2 Å². The van der Waals surface area contributed by atoms with Crippen molar-refractivity contribution >= 4 is 22.0 Å². The van der Waals surface area contributed by atoms with E-state index in [2.05, 4.69) is 27.8 Å². The lowest BCUT2D eigenvalue weighted by atomic mass is 9.94. The lowest BCUT2D eigenvalue weighted by Gasteiger charge is -2.22. The summed E-state index contributed by atoms with van der Waals surface area (Å²) in [5.41, 5.74) is -0.825. The molecule has 1 aromatic carbocycles. The summed E-state index contributed by atoms with van der Waals surface area (Å²) >= 11 is 3.13. The number of carbonyl (C=O) groups excluding carboxylic acids is 1. The summed E-state index contributed by atoms with van der Waals surface area (Å²) in [5.74, 6) is -2.15. The van der Waals surface area contributed by atoms with E-state index in [9.17, 15) is 18.0 Å². The van der Waals surface area contributed by atoms with E-state index in [0.29, 0.717) is 4.47 Å². The second-order valence-corrected chi connectivity index (χ2v) is 6.96. The van der Waals surface area contributed by atoms with Crippen LogP contribution in [0.15, 0.2) is 34.9 Å². The van der Waals surface area contributed by atoms with Gasteiger partial charge in [0.05, 0.1) is 5.92 Å². The summed E-state index contributed by atoms with van der Waals surface area (Å²) in [7, 11) is 0. The van der Waals surface area contributed by atoms with Gasteiger partial charge in [-0.25, -0.2) is 18.0 Å². The SMILES string of the molecule is C=C(CC(c1cc(Br)ccc1F)C(F)F)NC(=O)OC(C)(C)C. The number of alkyl carbamates (subject to hydrolysis) is 1. The standard InChI is InChI=1S/C16H19BrF3NO2/c1-9(21-15(22)23-16(2,3)4)7-12(14(19)20)11-8-10(17)5-6-13(11)18/h5-6,8,12,14H,1,7H2,2-4H3,(H,21,22). The summed E-state index contributed by atoms with van der Waals surface area (Å²) in [6.45, 7) is 8.57. The fourth-order valence-electron chi connectivity index (χ4n) is 1.90. The number of carbonyl (C=O) groups is 1. The third-order valence-electron chi connectivity index (χ3n) is 2.81. The number of nitrogens with one attached hydrogen (secondary N) is 1. The Balaban J connectivity index is 2.83. The number of hydrogen-bond donors (Lipinski definition) is 1. The number of ether oxygens (including phenoxy) is 1. The van der Waals surface area contributed by atoms with Crippen LogP contribution in [0.4, 0.5) is 18.0 Å². The summed E-state index contributed by atoms with van der Waals surface area (Å²) in [4.78, 5) is 11.6. The first-order valence-electron chi connectivity index (χ1n) is 6.90. The van der Waals surface area contributed by atoms with Gasteiger partial charge in [0.25, 0.3) is 0 Å². The molecule has 7 heteroatoms. The van der Waals surface area contributed by atoms with E-state index in [1.807, 2.05) is 0 Å². The Morgan fingerprint density at radius 1 is 1.39 bits per heavy atom. The van der Waals surface area contributed by atoms with Gasteiger partial charge in [0.1, 0.15) is 11.4 Å². The van der Waals surface area contributed by atoms with Crippen LogP contribution in [-0.4, -0.2) is 18.1 Å². The molecular formula is C16H19BrF3NO2. The predicted molar refractivity (Wildman–Crippen MR) is 86.0 cm³/mol. The van der Waals surface area contributed by atoms with Gasteiger partial charge in [-0.2, -0.15) is 0 Å². The number of halogens is 4. The van der Waals surface area contributed by atoms with Gasteiger partial charge >= 0.3 is 6.09 Å². The lowest BCUT2D eigenvalue weighted by Crippen LogP contribution is -2.32. The van der Waals surface area contributed by atoms with E-state index in [1.54, 1.807) is 20.8 Å². The van der Waals surface area contributed by atoms with Crippen molar-refractivity contribution in [3.63, 3.8) is 0 Å². The molecule has 0 radical (unpaired) electrons. The minimum Gasteiger partial charge on any atom is -0.444 e. The van der Waals surface area contributed by atoms with Crippen molar-refractivity contribution in [1.82, 2.24) is 5.32 Å². The fourth-order valence-corrected chi connectivity index (χ4v) is 2.28. The van der Waals surface area contributed by atoms with E-state index >= 15 is 0 Å². The van der Waals surface area contributed by atoms with Crippen molar-refractivity contribution in [2.24, 2.45) is 0 Å². The molecule has 128 valence electrons. The number of amides is 1.